The molecule has 5 nitrogen and oxygen atoms in total. The van der Waals surface area contributed by atoms with Crippen LogP contribution in [-0.2, 0) is 22.3 Å². The first-order valence-electron chi connectivity index (χ1n) is 9.51. The Morgan fingerprint density at radius 3 is 2.67 bits per heavy atom. The molecule has 0 aromatic heterocycles. The van der Waals surface area contributed by atoms with Crippen LogP contribution >= 0.6 is 0 Å². The van der Waals surface area contributed by atoms with Crippen molar-refractivity contribution in [3.8, 4) is 0 Å². The molecule has 1 unspecified atom stereocenters. The van der Waals surface area contributed by atoms with E-state index in [1.54, 1.807) is 12.1 Å². The van der Waals surface area contributed by atoms with Crippen LogP contribution in [-0.4, -0.2) is 29.3 Å². The third kappa shape index (κ3) is 5.48. The molecule has 0 aliphatic carbocycles. The number of hydrogen-bond acceptors (Lipinski definition) is 3. The van der Waals surface area contributed by atoms with E-state index >= 15 is 0 Å². The first-order chi connectivity index (χ1) is 14.2. The lowest BCUT2D eigenvalue weighted by Gasteiger charge is -2.23. The first kappa shape index (κ1) is 21.6. The predicted octanol–water partition coefficient (Wildman–Crippen LogP) is 3.81. The van der Waals surface area contributed by atoms with E-state index in [-0.39, 0.29) is 17.5 Å². The van der Waals surface area contributed by atoms with Gasteiger partial charge in [0.15, 0.2) is 0 Å². The van der Waals surface area contributed by atoms with Crippen LogP contribution in [0.3, 0.4) is 0 Å². The van der Waals surface area contributed by atoms with Crippen molar-refractivity contribution in [2.24, 2.45) is 5.73 Å². The second kappa shape index (κ2) is 9.13. The number of rotatable bonds is 6. The van der Waals surface area contributed by atoms with Crippen molar-refractivity contribution in [2.75, 3.05) is 11.9 Å². The quantitative estimate of drug-likeness (QED) is 0.702. The summed E-state index contributed by atoms with van der Waals surface area (Å²) in [6.07, 6.45) is -0.333. The van der Waals surface area contributed by atoms with Crippen LogP contribution < -0.4 is 11.1 Å². The molecule has 30 heavy (non-hydrogen) atoms. The summed E-state index contributed by atoms with van der Waals surface area (Å²) in [5.74, 6) is -0.828. The van der Waals surface area contributed by atoms with E-state index in [0.29, 0.717) is 18.7 Å². The number of nitrogens with zero attached hydrogens (tertiary/aromatic N) is 1. The number of nitrogens with one attached hydrogen (secondary N) is 1. The number of carbonyl (C=O) groups excluding carboxylic acids is 2. The van der Waals surface area contributed by atoms with Gasteiger partial charge in [-0.2, -0.15) is 13.2 Å². The summed E-state index contributed by atoms with van der Waals surface area (Å²) < 4.78 is 38.4. The van der Waals surface area contributed by atoms with Crippen LogP contribution in [0, 0.1) is 0 Å². The summed E-state index contributed by atoms with van der Waals surface area (Å²) in [6, 6.07) is 11.6. The van der Waals surface area contributed by atoms with Crippen molar-refractivity contribution in [3.05, 3.63) is 71.3 Å². The second-order valence-corrected chi connectivity index (χ2v) is 7.13. The maximum atomic E-state index is 12.8. The van der Waals surface area contributed by atoms with E-state index in [2.05, 4.69) is 5.32 Å². The van der Waals surface area contributed by atoms with Gasteiger partial charge in [-0.25, -0.2) is 0 Å². The molecule has 2 amide bonds. The average Bonchev–Trinajstić information content (AvgIpc) is 3.16. The Kier molecular flexibility index (Phi) is 6.56. The van der Waals surface area contributed by atoms with Crippen molar-refractivity contribution in [2.45, 2.75) is 31.6 Å². The summed E-state index contributed by atoms with van der Waals surface area (Å²) >= 11 is 0. The zero-order valence-corrected chi connectivity index (χ0v) is 16.2. The highest BCUT2D eigenvalue weighted by molar-refractivity contribution is 6.02. The fourth-order valence-corrected chi connectivity index (χ4v) is 3.50. The Labute approximate surface area is 172 Å². The molecule has 0 spiro atoms. The Balaban J connectivity index is 1.69. The maximum Gasteiger partial charge on any atom is 0.416 e. The second-order valence-electron chi connectivity index (χ2n) is 7.13. The molecule has 3 rings (SSSR count). The van der Waals surface area contributed by atoms with Gasteiger partial charge in [0.2, 0.25) is 11.8 Å². The van der Waals surface area contributed by atoms with Crippen LogP contribution in [0.2, 0.25) is 0 Å². The van der Waals surface area contributed by atoms with Crippen molar-refractivity contribution in [3.63, 3.8) is 0 Å². The summed E-state index contributed by atoms with van der Waals surface area (Å²) in [6.45, 7) is 1.20. The highest BCUT2D eigenvalue weighted by atomic mass is 19.4. The van der Waals surface area contributed by atoms with Gasteiger partial charge in [-0.05, 0) is 54.8 Å². The molecule has 1 fully saturated rings. The molecule has 3 N–H and O–H groups in total. The number of anilines is 1. The van der Waals surface area contributed by atoms with Crippen LogP contribution in [0.4, 0.5) is 18.9 Å². The van der Waals surface area contributed by atoms with Gasteiger partial charge >= 0.3 is 6.18 Å². The standard InChI is InChI=1S/C22H22F3N3O2/c23-22(24,25)17-7-3-5-15(13-17)10-11-20(29)27-18-8-2-1-6-16(18)14-28-12-4-9-19(28)21(26)30/h1-3,5-8,10-11,13,19H,4,9,12,14H2,(H2,26,30)(H,27,29)/b11-10+. The zero-order chi connectivity index (χ0) is 21.7. The van der Waals surface area contributed by atoms with E-state index in [1.165, 1.54) is 24.3 Å². The van der Waals surface area contributed by atoms with Gasteiger partial charge in [0, 0.05) is 18.3 Å². The molecule has 1 saturated heterocycles. The number of halogens is 3. The maximum absolute atomic E-state index is 12.8. The Bertz CT molecular complexity index is 957. The summed E-state index contributed by atoms with van der Waals surface area (Å²) in [4.78, 5) is 25.9. The topological polar surface area (TPSA) is 75.4 Å². The van der Waals surface area contributed by atoms with Crippen molar-refractivity contribution in [1.82, 2.24) is 4.90 Å². The van der Waals surface area contributed by atoms with Gasteiger partial charge < -0.3 is 11.1 Å². The molecule has 8 heteroatoms. The van der Waals surface area contributed by atoms with Gasteiger partial charge in [-0.3, -0.25) is 14.5 Å². The molecule has 1 heterocycles. The number of likely N-dealkylation sites (tertiary alicyclic amines) is 1. The monoisotopic (exact) mass is 417 g/mol. The van der Waals surface area contributed by atoms with Gasteiger partial charge in [0.25, 0.3) is 0 Å². The predicted molar refractivity (Wildman–Crippen MR) is 108 cm³/mol. The number of para-hydroxylation sites is 1. The highest BCUT2D eigenvalue weighted by Gasteiger charge is 2.30. The molecule has 0 radical (unpaired) electrons. The molecule has 1 aliphatic rings. The molecule has 2 aromatic rings. The molecule has 1 atom stereocenters. The van der Waals surface area contributed by atoms with Gasteiger partial charge in [0.1, 0.15) is 0 Å². The first-order valence-corrected chi connectivity index (χ1v) is 9.51. The third-order valence-electron chi connectivity index (χ3n) is 4.98. The number of primary amides is 1. The number of nitrogens with two attached hydrogens (primary N) is 1. The molecular formula is C22H22F3N3O2. The lowest BCUT2D eigenvalue weighted by Crippen LogP contribution is -2.39. The number of carbonyl (C=O) groups is 2. The Hall–Kier alpha value is -3.13. The molecule has 0 saturated carbocycles. The van der Waals surface area contributed by atoms with Crippen LogP contribution in [0.15, 0.2) is 54.6 Å². The minimum atomic E-state index is -4.44. The average molecular weight is 417 g/mol. The van der Waals surface area contributed by atoms with Crippen molar-refractivity contribution in [1.29, 1.82) is 0 Å². The van der Waals surface area contributed by atoms with E-state index < -0.39 is 17.6 Å². The minimum absolute atomic E-state index is 0.273. The smallest absolute Gasteiger partial charge is 0.368 e. The summed E-state index contributed by atoms with van der Waals surface area (Å²) in [5, 5.41) is 2.75. The fraction of sp³-hybridized carbons (Fsp3) is 0.273. The summed E-state index contributed by atoms with van der Waals surface area (Å²) in [7, 11) is 0. The van der Waals surface area contributed by atoms with E-state index in [4.69, 9.17) is 5.73 Å². The fourth-order valence-electron chi connectivity index (χ4n) is 3.50. The van der Waals surface area contributed by atoms with Crippen LogP contribution in [0.1, 0.15) is 29.5 Å². The van der Waals surface area contributed by atoms with Gasteiger partial charge in [0.05, 0.1) is 11.6 Å². The van der Waals surface area contributed by atoms with E-state index in [1.807, 2.05) is 17.0 Å². The number of amides is 2. The molecule has 2 aromatic carbocycles. The van der Waals surface area contributed by atoms with Crippen molar-refractivity contribution < 1.29 is 22.8 Å². The van der Waals surface area contributed by atoms with E-state index in [0.717, 1.165) is 30.7 Å². The number of benzene rings is 2. The lowest BCUT2D eigenvalue weighted by molar-refractivity contribution is -0.137. The lowest BCUT2D eigenvalue weighted by atomic mass is 10.1. The normalized spacial score (nSPS) is 17.4. The number of hydrogen-bond donors (Lipinski definition) is 2. The van der Waals surface area contributed by atoms with Crippen LogP contribution in [0.25, 0.3) is 6.08 Å². The Morgan fingerprint density at radius 2 is 1.93 bits per heavy atom. The largest absolute Gasteiger partial charge is 0.416 e. The third-order valence-corrected chi connectivity index (χ3v) is 4.98. The minimum Gasteiger partial charge on any atom is -0.368 e. The number of alkyl halides is 3. The molecule has 0 bridgehead atoms. The molecule has 1 aliphatic heterocycles. The van der Waals surface area contributed by atoms with Crippen LogP contribution in [0.5, 0.6) is 0 Å². The van der Waals surface area contributed by atoms with Gasteiger partial charge in [-0.1, -0.05) is 30.3 Å². The SMILES string of the molecule is NC(=O)C1CCCN1Cc1ccccc1NC(=O)/C=C/c1cccc(C(F)(F)F)c1. The zero-order valence-electron chi connectivity index (χ0n) is 16.2. The highest BCUT2D eigenvalue weighted by Crippen LogP contribution is 2.30. The molecular weight excluding hydrogens is 395 g/mol. The summed E-state index contributed by atoms with van der Waals surface area (Å²) in [5.41, 5.74) is 6.36. The van der Waals surface area contributed by atoms with Gasteiger partial charge in [-0.15, -0.1) is 0 Å². The van der Waals surface area contributed by atoms with Crippen molar-refractivity contribution >= 4 is 23.6 Å². The van der Waals surface area contributed by atoms with E-state index in [9.17, 15) is 22.8 Å². The molecule has 158 valence electrons. The Morgan fingerprint density at radius 1 is 1.17 bits per heavy atom.